The van der Waals surface area contributed by atoms with Crippen molar-refractivity contribution in [3.63, 3.8) is 0 Å². The Morgan fingerprint density at radius 3 is 2.40 bits per heavy atom. The zero-order valence-electron chi connectivity index (χ0n) is 33.1. The summed E-state index contributed by atoms with van der Waals surface area (Å²) in [7, 11) is 0. The van der Waals surface area contributed by atoms with Crippen molar-refractivity contribution in [1.82, 2.24) is 9.97 Å². The third kappa shape index (κ3) is 7.48. The molecule has 0 bridgehead atoms. The number of pyridine rings is 2. The Hall–Kier alpha value is -4.37. The summed E-state index contributed by atoms with van der Waals surface area (Å²) in [5, 5.41) is 2.07. The number of rotatable bonds is 4. The van der Waals surface area contributed by atoms with Crippen LogP contribution in [0.15, 0.2) is 120 Å². The van der Waals surface area contributed by atoms with Gasteiger partial charge in [0.1, 0.15) is 5.58 Å². The fourth-order valence-electron chi connectivity index (χ4n) is 5.01. The van der Waals surface area contributed by atoms with E-state index in [1.165, 1.54) is 18.3 Å². The molecule has 0 N–H and O–H groups in total. The minimum atomic E-state index is -2.27. The summed E-state index contributed by atoms with van der Waals surface area (Å²) in [5.74, 6) is 0. The van der Waals surface area contributed by atoms with E-state index in [1.54, 1.807) is 24.4 Å². The summed E-state index contributed by atoms with van der Waals surface area (Å²) >= 11 is 0. The maximum Gasteiger partial charge on any atom is 0.120 e. The van der Waals surface area contributed by atoms with Gasteiger partial charge < -0.3 is 14.4 Å². The van der Waals surface area contributed by atoms with Gasteiger partial charge in [0.25, 0.3) is 0 Å². The molecule has 45 heavy (non-hydrogen) atoms. The molecule has 227 valence electrons. The molecule has 3 nitrogen and oxygen atoms in total. The quantitative estimate of drug-likeness (QED) is 0.167. The normalized spacial score (nSPS) is 14.6. The molecule has 0 saturated carbocycles. The fourth-order valence-corrected chi connectivity index (χ4v) is 5.01. The first-order valence-corrected chi connectivity index (χ1v) is 14.3. The summed E-state index contributed by atoms with van der Waals surface area (Å²) in [4.78, 5) is 8.68. The van der Waals surface area contributed by atoms with Gasteiger partial charge >= 0.3 is 0 Å². The van der Waals surface area contributed by atoms with Crippen LogP contribution in [0.25, 0.3) is 55.6 Å². The first kappa shape index (κ1) is 23.0. The number of nitrogens with zero attached hydrogens (tertiary/aromatic N) is 2. The minimum absolute atomic E-state index is 0. The largest absolute Gasteiger partial charge is 0.501 e. The van der Waals surface area contributed by atoms with Gasteiger partial charge in [0, 0.05) is 48.9 Å². The molecule has 0 fully saturated rings. The van der Waals surface area contributed by atoms with Crippen molar-refractivity contribution >= 4 is 21.9 Å². The van der Waals surface area contributed by atoms with E-state index in [-0.39, 0.29) is 31.2 Å². The van der Waals surface area contributed by atoms with Crippen LogP contribution in [0.3, 0.4) is 0 Å². The Bertz CT molecular complexity index is 2340. The monoisotopic (exact) mass is 773 g/mol. The Labute approximate surface area is 291 Å². The van der Waals surface area contributed by atoms with Gasteiger partial charge in [0.05, 0.1) is 5.58 Å². The van der Waals surface area contributed by atoms with Crippen LogP contribution < -0.4 is 0 Å². The third-order valence-corrected chi connectivity index (χ3v) is 6.95. The molecule has 0 spiro atoms. The number of hydrogen-bond acceptors (Lipinski definition) is 3. The number of benzene rings is 4. The topological polar surface area (TPSA) is 38.9 Å². The smallest absolute Gasteiger partial charge is 0.120 e. The van der Waals surface area contributed by atoms with Gasteiger partial charge in [0.2, 0.25) is 0 Å². The molecule has 0 aliphatic rings. The predicted octanol–water partition coefficient (Wildman–Crippen LogP) is 10.9. The van der Waals surface area contributed by atoms with E-state index in [9.17, 15) is 0 Å². The molecular formula is C41H36IrN2O-2. The van der Waals surface area contributed by atoms with Gasteiger partial charge in [-0.25, -0.2) is 0 Å². The van der Waals surface area contributed by atoms with E-state index < -0.39 is 25.5 Å². The van der Waals surface area contributed by atoms with E-state index >= 15 is 0 Å². The number of aromatic nitrogens is 2. The maximum atomic E-state index is 8.53. The van der Waals surface area contributed by atoms with Crippen molar-refractivity contribution in [2.75, 3.05) is 0 Å². The van der Waals surface area contributed by atoms with E-state index in [4.69, 9.17) is 15.4 Å². The van der Waals surface area contributed by atoms with Crippen LogP contribution in [0.2, 0.25) is 0 Å². The summed E-state index contributed by atoms with van der Waals surface area (Å²) in [6.07, 6.45) is 1.49. The summed E-state index contributed by atoms with van der Waals surface area (Å²) in [5.41, 5.74) is 5.94. The van der Waals surface area contributed by atoms with Crippen molar-refractivity contribution in [2.45, 2.75) is 40.8 Å². The third-order valence-electron chi connectivity index (χ3n) is 6.95. The van der Waals surface area contributed by atoms with E-state index in [0.29, 0.717) is 28.1 Å². The van der Waals surface area contributed by atoms with Crippen LogP contribution in [-0.4, -0.2) is 9.97 Å². The number of para-hydroxylation sites is 1. The Balaban J connectivity index is 0.000000201. The van der Waals surface area contributed by atoms with Crippen LogP contribution in [0.1, 0.15) is 48.4 Å². The maximum absolute atomic E-state index is 8.53. The fraction of sp³-hybridized carbons (Fsp3) is 0.171. The van der Waals surface area contributed by atoms with Gasteiger partial charge in [0.15, 0.2) is 0 Å². The zero-order valence-corrected chi connectivity index (χ0v) is 27.5. The van der Waals surface area contributed by atoms with Crippen LogP contribution >= 0.6 is 0 Å². The van der Waals surface area contributed by atoms with E-state index in [1.807, 2.05) is 93.6 Å². The Morgan fingerprint density at radius 2 is 1.64 bits per heavy atom. The van der Waals surface area contributed by atoms with Crippen LogP contribution in [0.5, 0.6) is 0 Å². The molecule has 0 aliphatic heterocycles. The van der Waals surface area contributed by atoms with Crippen molar-refractivity contribution < 1.29 is 35.5 Å². The molecule has 0 aliphatic carbocycles. The summed E-state index contributed by atoms with van der Waals surface area (Å²) in [6.45, 7) is 1.23. The van der Waals surface area contributed by atoms with Crippen molar-refractivity contribution in [3.05, 3.63) is 144 Å². The van der Waals surface area contributed by atoms with Crippen LogP contribution in [0, 0.1) is 31.3 Å². The second kappa shape index (κ2) is 13.7. The zero-order chi connectivity index (χ0) is 37.5. The molecule has 0 atom stereocenters. The average Bonchev–Trinajstić information content (AvgIpc) is 3.50. The molecule has 3 aromatic heterocycles. The molecule has 4 heteroatoms. The van der Waals surface area contributed by atoms with Gasteiger partial charge in [-0.3, -0.25) is 0 Å². The molecule has 0 amide bonds. The molecule has 7 aromatic rings. The molecule has 3 heterocycles. The van der Waals surface area contributed by atoms with Crippen molar-refractivity contribution in [1.29, 1.82) is 0 Å². The van der Waals surface area contributed by atoms with Gasteiger partial charge in [-0.15, -0.1) is 47.5 Å². The SMILES string of the molecule is [2H]C([2H])([2H])c1ccc(-c2[c-]cc(C([2H])([2H])[2H])c(-c3ccccc3)c2)nc1.[2H]C([2H])(c1ccnc(-c2[c-]ccc3c2oc2ccccc23)c1)C(C)(C)C.[Ir]. The number of hydrogen-bond donors (Lipinski definition) is 0. The molecule has 0 saturated heterocycles. The molecule has 4 aromatic carbocycles. The molecule has 1 radical (unpaired) electrons. The first-order chi connectivity index (χ1) is 24.4. The van der Waals surface area contributed by atoms with Crippen LogP contribution in [0.4, 0.5) is 0 Å². The summed E-state index contributed by atoms with van der Waals surface area (Å²) in [6, 6.07) is 37.1. The second-order valence-corrected chi connectivity index (χ2v) is 11.5. The van der Waals surface area contributed by atoms with Crippen molar-refractivity contribution in [2.24, 2.45) is 5.41 Å². The van der Waals surface area contributed by atoms with Gasteiger partial charge in [-0.05, 0) is 53.3 Å². The number of furan rings is 1. The second-order valence-electron chi connectivity index (χ2n) is 11.5. The molecular weight excluding hydrogens is 729 g/mol. The summed E-state index contributed by atoms with van der Waals surface area (Å²) < 4.78 is 68.7. The number of aryl methyl sites for hydroxylation is 2. The number of fused-ring (bicyclic) bond motifs is 3. The molecule has 0 unspecified atom stereocenters. The minimum Gasteiger partial charge on any atom is -0.501 e. The van der Waals surface area contributed by atoms with Crippen molar-refractivity contribution in [3.8, 4) is 33.6 Å². The van der Waals surface area contributed by atoms with E-state index in [2.05, 4.69) is 22.1 Å². The predicted molar refractivity (Wildman–Crippen MR) is 182 cm³/mol. The van der Waals surface area contributed by atoms with E-state index in [0.717, 1.165) is 33.1 Å². The van der Waals surface area contributed by atoms with Gasteiger partial charge in [-0.2, -0.15) is 0 Å². The Morgan fingerprint density at radius 1 is 0.822 bits per heavy atom. The molecule has 7 rings (SSSR count). The standard InChI is InChI=1S/C22H20NO.C19H16N.Ir/c1-22(2,3)14-15-11-12-23-19(13-15)18-9-6-8-17-16-7-4-5-10-20(16)24-21(17)18;1-14-8-11-19(20-13-14)17-10-9-15(2)18(12-17)16-6-4-3-5-7-16;/h4-8,10-13H,14H2,1-3H3;3-9,11-13H,1-2H3;/q2*-1;/i14D2;1D3,2D3;. The van der Waals surface area contributed by atoms with Gasteiger partial charge in [-0.1, -0.05) is 116 Å². The van der Waals surface area contributed by atoms with Crippen LogP contribution in [-0.2, 0) is 26.5 Å². The Kier molecular flexibility index (Phi) is 7.03. The first-order valence-electron chi connectivity index (χ1n) is 18.3. The average molecular weight is 773 g/mol.